The molecule has 0 spiro atoms. The van der Waals surface area contributed by atoms with Crippen molar-refractivity contribution in [3.8, 4) is 0 Å². The van der Waals surface area contributed by atoms with Crippen LogP contribution in [0, 0.1) is 17.8 Å². The number of carbonyl (C=O) groups is 3. The molecule has 0 bridgehead atoms. The summed E-state index contributed by atoms with van der Waals surface area (Å²) in [6.45, 7) is 11.5. The molecule has 3 atom stereocenters. The molecule has 0 aromatic carbocycles. The lowest BCUT2D eigenvalue weighted by Crippen LogP contribution is -2.42. The van der Waals surface area contributed by atoms with Crippen LogP contribution in [-0.2, 0) is 23.9 Å². The van der Waals surface area contributed by atoms with Crippen LogP contribution in [0.1, 0.15) is 41.5 Å². The smallest absolute Gasteiger partial charge is 0.317 e. The summed E-state index contributed by atoms with van der Waals surface area (Å²) >= 11 is 0. The van der Waals surface area contributed by atoms with Crippen LogP contribution in [0.4, 0.5) is 0 Å². The Bertz CT molecular complexity index is 685. The third kappa shape index (κ3) is 6.35. The van der Waals surface area contributed by atoms with Gasteiger partial charge in [-0.3, -0.25) is 14.4 Å². The molecule has 0 saturated carbocycles. The highest BCUT2D eigenvalue weighted by Gasteiger charge is 2.46. The first-order valence-electron chi connectivity index (χ1n) is 9.28. The first kappa shape index (κ1) is 22.6. The minimum Gasteiger partial charge on any atom is -0.466 e. The SMILES string of the molecule is CCOC(=O)C1C(=O)C=C(/C=C/C=C(C)C)C(C(=O)OCC)C1C=C(C)C. The zero-order valence-electron chi connectivity index (χ0n) is 17.1. The molecular weight excluding hydrogens is 344 g/mol. The molecule has 1 aliphatic carbocycles. The van der Waals surface area contributed by atoms with Crippen molar-refractivity contribution in [3.63, 3.8) is 0 Å². The fourth-order valence-corrected chi connectivity index (χ4v) is 3.06. The van der Waals surface area contributed by atoms with E-state index in [1.165, 1.54) is 6.08 Å². The molecule has 5 heteroatoms. The average Bonchev–Trinajstić information content (AvgIpc) is 2.54. The summed E-state index contributed by atoms with van der Waals surface area (Å²) in [6.07, 6.45) is 8.59. The van der Waals surface area contributed by atoms with Crippen LogP contribution in [0.2, 0.25) is 0 Å². The fourth-order valence-electron chi connectivity index (χ4n) is 3.06. The van der Waals surface area contributed by atoms with Crippen LogP contribution < -0.4 is 0 Å². The third-order valence-electron chi connectivity index (χ3n) is 4.07. The van der Waals surface area contributed by atoms with Crippen molar-refractivity contribution in [1.82, 2.24) is 0 Å². The Hall–Kier alpha value is -2.43. The highest BCUT2D eigenvalue weighted by molar-refractivity contribution is 6.08. The topological polar surface area (TPSA) is 69.7 Å². The van der Waals surface area contributed by atoms with Crippen LogP contribution in [-0.4, -0.2) is 30.9 Å². The predicted molar refractivity (Wildman–Crippen MR) is 105 cm³/mol. The van der Waals surface area contributed by atoms with Crippen molar-refractivity contribution in [1.29, 1.82) is 0 Å². The van der Waals surface area contributed by atoms with Gasteiger partial charge in [0.1, 0.15) is 5.92 Å². The molecule has 1 aliphatic rings. The molecule has 148 valence electrons. The fraction of sp³-hybridized carbons (Fsp3) is 0.500. The summed E-state index contributed by atoms with van der Waals surface area (Å²) in [6, 6.07) is 0. The van der Waals surface area contributed by atoms with Gasteiger partial charge in [-0.25, -0.2) is 0 Å². The Morgan fingerprint density at radius 3 is 2.00 bits per heavy atom. The van der Waals surface area contributed by atoms with Crippen molar-refractivity contribution >= 4 is 17.7 Å². The van der Waals surface area contributed by atoms with Crippen LogP contribution in [0.25, 0.3) is 0 Å². The number of hydrogen-bond donors (Lipinski definition) is 0. The van der Waals surface area contributed by atoms with Gasteiger partial charge in [0.25, 0.3) is 0 Å². The van der Waals surface area contributed by atoms with Crippen LogP contribution in [0.3, 0.4) is 0 Å². The summed E-state index contributed by atoms with van der Waals surface area (Å²) in [5, 5.41) is 0. The van der Waals surface area contributed by atoms with Crippen molar-refractivity contribution in [2.24, 2.45) is 17.8 Å². The zero-order chi connectivity index (χ0) is 20.6. The lowest BCUT2D eigenvalue weighted by molar-refractivity contribution is -0.156. The second kappa shape index (κ2) is 10.7. The van der Waals surface area contributed by atoms with E-state index in [9.17, 15) is 14.4 Å². The highest BCUT2D eigenvalue weighted by atomic mass is 16.5. The zero-order valence-corrected chi connectivity index (χ0v) is 17.1. The second-order valence-corrected chi connectivity index (χ2v) is 6.93. The Morgan fingerprint density at radius 2 is 1.52 bits per heavy atom. The van der Waals surface area contributed by atoms with Crippen molar-refractivity contribution in [2.45, 2.75) is 41.5 Å². The minimum atomic E-state index is -1.05. The summed E-state index contributed by atoms with van der Waals surface area (Å²) in [4.78, 5) is 37.9. The predicted octanol–water partition coefficient (Wildman–Crippen LogP) is 3.96. The van der Waals surface area contributed by atoms with Crippen molar-refractivity contribution in [3.05, 3.63) is 47.1 Å². The Kier molecular flexibility index (Phi) is 8.92. The highest BCUT2D eigenvalue weighted by Crippen LogP contribution is 2.37. The molecular formula is C22H30O5. The third-order valence-corrected chi connectivity index (χ3v) is 4.07. The van der Waals surface area contributed by atoms with Gasteiger partial charge in [-0.2, -0.15) is 0 Å². The van der Waals surface area contributed by atoms with E-state index in [2.05, 4.69) is 0 Å². The number of ketones is 1. The monoisotopic (exact) mass is 374 g/mol. The van der Waals surface area contributed by atoms with E-state index in [-0.39, 0.29) is 19.0 Å². The van der Waals surface area contributed by atoms with Gasteiger partial charge in [0.15, 0.2) is 5.78 Å². The standard InChI is InChI=1S/C22H30O5/c1-7-26-21(24)19-16(11-9-10-14(3)4)13-18(23)20(22(25)27-8-2)17(19)12-15(5)6/h9-13,17,19-20H,7-8H2,1-6H3/b11-9+. The van der Waals surface area contributed by atoms with Gasteiger partial charge in [-0.1, -0.05) is 35.5 Å². The van der Waals surface area contributed by atoms with E-state index < -0.39 is 29.7 Å². The molecule has 0 N–H and O–H groups in total. The van der Waals surface area contributed by atoms with Crippen molar-refractivity contribution in [2.75, 3.05) is 13.2 Å². The molecule has 0 aromatic heterocycles. The van der Waals surface area contributed by atoms with E-state index in [4.69, 9.17) is 9.47 Å². The minimum absolute atomic E-state index is 0.172. The maximum Gasteiger partial charge on any atom is 0.317 e. The van der Waals surface area contributed by atoms with Crippen LogP contribution in [0.15, 0.2) is 47.1 Å². The molecule has 5 nitrogen and oxygen atoms in total. The summed E-state index contributed by atoms with van der Waals surface area (Å²) in [5.41, 5.74) is 2.54. The van der Waals surface area contributed by atoms with E-state index in [0.29, 0.717) is 5.57 Å². The molecule has 27 heavy (non-hydrogen) atoms. The average molecular weight is 374 g/mol. The number of rotatable bonds is 7. The van der Waals surface area contributed by atoms with Gasteiger partial charge in [0, 0.05) is 5.92 Å². The molecule has 0 heterocycles. The molecule has 0 aromatic rings. The lowest BCUT2D eigenvalue weighted by atomic mass is 9.70. The normalized spacial score (nSPS) is 22.1. The molecule has 1 rings (SSSR count). The number of esters is 2. The van der Waals surface area contributed by atoms with Gasteiger partial charge in [-0.05, 0) is 53.2 Å². The summed E-state index contributed by atoms with van der Waals surface area (Å²) in [7, 11) is 0. The van der Waals surface area contributed by atoms with Gasteiger partial charge in [0.05, 0.1) is 19.1 Å². The second-order valence-electron chi connectivity index (χ2n) is 6.93. The number of ether oxygens (including phenoxy) is 2. The summed E-state index contributed by atoms with van der Waals surface area (Å²) < 4.78 is 10.4. The maximum absolute atomic E-state index is 12.7. The maximum atomic E-state index is 12.7. The van der Waals surface area contributed by atoms with Crippen molar-refractivity contribution < 1.29 is 23.9 Å². The van der Waals surface area contributed by atoms with Gasteiger partial charge >= 0.3 is 11.9 Å². The number of carbonyl (C=O) groups excluding carboxylic acids is 3. The van der Waals surface area contributed by atoms with Gasteiger partial charge in [0.2, 0.25) is 0 Å². The lowest BCUT2D eigenvalue weighted by Gasteiger charge is -2.32. The molecule has 0 aliphatic heterocycles. The Labute approximate surface area is 161 Å². The first-order valence-corrected chi connectivity index (χ1v) is 9.28. The first-order chi connectivity index (χ1) is 12.7. The largest absolute Gasteiger partial charge is 0.466 e. The Balaban J connectivity index is 3.51. The van der Waals surface area contributed by atoms with E-state index >= 15 is 0 Å². The quantitative estimate of drug-likeness (QED) is 0.292. The molecule has 0 radical (unpaired) electrons. The van der Waals surface area contributed by atoms with E-state index in [1.807, 2.05) is 33.8 Å². The van der Waals surface area contributed by atoms with Gasteiger partial charge < -0.3 is 9.47 Å². The van der Waals surface area contributed by atoms with E-state index in [0.717, 1.165) is 11.1 Å². The van der Waals surface area contributed by atoms with Crippen LogP contribution >= 0.6 is 0 Å². The summed E-state index contributed by atoms with van der Waals surface area (Å²) in [5.74, 6) is -3.84. The Morgan fingerprint density at radius 1 is 0.963 bits per heavy atom. The molecule has 0 fully saturated rings. The van der Waals surface area contributed by atoms with Crippen LogP contribution in [0.5, 0.6) is 0 Å². The molecule has 0 amide bonds. The number of hydrogen-bond acceptors (Lipinski definition) is 5. The molecule has 3 unspecified atom stereocenters. The van der Waals surface area contributed by atoms with E-state index in [1.54, 1.807) is 32.1 Å². The number of allylic oxidation sites excluding steroid dienone is 7. The molecule has 0 saturated heterocycles. The van der Waals surface area contributed by atoms with Gasteiger partial charge in [-0.15, -0.1) is 0 Å².